The molecule has 0 unspecified atom stereocenters. The average molecular weight is 489 g/mol. The lowest BCUT2D eigenvalue weighted by Gasteiger charge is -2.32. The molecule has 190 valence electrons. The third kappa shape index (κ3) is 7.87. The van der Waals surface area contributed by atoms with Crippen LogP contribution in [0.1, 0.15) is 30.5 Å². The fourth-order valence-electron chi connectivity index (χ4n) is 3.93. The lowest BCUT2D eigenvalue weighted by Crippen LogP contribution is -2.49. The minimum atomic E-state index is -0.766. The highest BCUT2D eigenvalue weighted by molar-refractivity contribution is 5.81. The Morgan fingerprint density at radius 3 is 1.75 bits per heavy atom. The monoisotopic (exact) mass is 488 g/mol. The molecule has 0 heterocycles. The highest BCUT2D eigenvalue weighted by atomic mass is 16.6. The molecule has 0 N–H and O–H groups in total. The number of anilines is 1. The van der Waals surface area contributed by atoms with Crippen molar-refractivity contribution >= 4 is 17.7 Å². The fourth-order valence-corrected chi connectivity index (χ4v) is 3.93. The van der Waals surface area contributed by atoms with Crippen LogP contribution in [0.5, 0.6) is 0 Å². The van der Waals surface area contributed by atoms with Gasteiger partial charge in [0.25, 0.3) is 0 Å². The first-order chi connectivity index (χ1) is 17.3. The summed E-state index contributed by atoms with van der Waals surface area (Å²) in [6, 6.07) is 26.4. The molecule has 0 aliphatic carbocycles. The summed E-state index contributed by atoms with van der Waals surface area (Å²) >= 11 is 0. The second kappa shape index (κ2) is 13.3. The van der Waals surface area contributed by atoms with Crippen molar-refractivity contribution in [2.75, 3.05) is 25.5 Å². The van der Waals surface area contributed by atoms with E-state index in [1.54, 1.807) is 0 Å². The van der Waals surface area contributed by atoms with E-state index in [0.717, 1.165) is 22.4 Å². The number of esters is 1. The molecule has 6 nitrogen and oxygen atoms in total. The fraction of sp³-hybridized carbons (Fsp3) is 0.333. The highest BCUT2D eigenvalue weighted by Crippen LogP contribution is 2.19. The lowest BCUT2D eigenvalue weighted by molar-refractivity contribution is -0.152. The van der Waals surface area contributed by atoms with Gasteiger partial charge < -0.3 is 14.4 Å². The summed E-state index contributed by atoms with van der Waals surface area (Å²) in [6.45, 7) is 4.45. The first-order valence-electron chi connectivity index (χ1n) is 12.3. The van der Waals surface area contributed by atoms with E-state index in [4.69, 9.17) is 9.47 Å². The number of rotatable bonds is 11. The van der Waals surface area contributed by atoms with E-state index < -0.39 is 18.1 Å². The Morgan fingerprint density at radius 2 is 1.25 bits per heavy atom. The van der Waals surface area contributed by atoms with Gasteiger partial charge >= 0.3 is 12.1 Å². The number of carbonyl (C=O) groups excluding carboxylic acids is 2. The SMILES string of the molecule is CC(C)[C@@H](C(=O)OCc1ccccc1)N(CCc1ccc(N(C)C)cc1)C(=O)OCc1ccccc1. The van der Waals surface area contributed by atoms with Gasteiger partial charge in [-0.3, -0.25) is 4.90 Å². The smallest absolute Gasteiger partial charge is 0.410 e. The Labute approximate surface area is 214 Å². The van der Waals surface area contributed by atoms with E-state index in [-0.39, 0.29) is 19.1 Å². The van der Waals surface area contributed by atoms with Crippen LogP contribution in [0.25, 0.3) is 0 Å². The summed E-state index contributed by atoms with van der Waals surface area (Å²) in [5.74, 6) is -0.595. The van der Waals surface area contributed by atoms with Crippen molar-refractivity contribution in [1.29, 1.82) is 0 Å². The molecule has 0 aliphatic rings. The molecule has 0 saturated heterocycles. The summed E-state index contributed by atoms with van der Waals surface area (Å²) in [5, 5.41) is 0. The van der Waals surface area contributed by atoms with Gasteiger partial charge in [-0.25, -0.2) is 9.59 Å². The first kappa shape index (κ1) is 26.8. The van der Waals surface area contributed by atoms with Gasteiger partial charge in [0.1, 0.15) is 19.3 Å². The van der Waals surface area contributed by atoms with Crippen LogP contribution in [0.15, 0.2) is 84.9 Å². The average Bonchev–Trinajstić information content (AvgIpc) is 2.89. The zero-order chi connectivity index (χ0) is 25.9. The molecular formula is C30H36N2O4. The largest absolute Gasteiger partial charge is 0.459 e. The van der Waals surface area contributed by atoms with Gasteiger partial charge in [0.15, 0.2) is 0 Å². The molecule has 1 atom stereocenters. The minimum Gasteiger partial charge on any atom is -0.459 e. The van der Waals surface area contributed by atoms with Crippen LogP contribution in [0.3, 0.4) is 0 Å². The molecule has 3 rings (SSSR count). The highest BCUT2D eigenvalue weighted by Gasteiger charge is 2.34. The van der Waals surface area contributed by atoms with Crippen molar-refractivity contribution in [2.45, 2.75) is 39.5 Å². The molecule has 0 fully saturated rings. The third-order valence-electron chi connectivity index (χ3n) is 5.97. The van der Waals surface area contributed by atoms with Crippen LogP contribution in [0.4, 0.5) is 10.5 Å². The summed E-state index contributed by atoms with van der Waals surface area (Å²) < 4.78 is 11.3. The van der Waals surface area contributed by atoms with E-state index in [1.165, 1.54) is 4.90 Å². The molecule has 0 radical (unpaired) electrons. The van der Waals surface area contributed by atoms with E-state index in [2.05, 4.69) is 0 Å². The Bertz CT molecular complexity index is 1080. The van der Waals surface area contributed by atoms with Crippen LogP contribution >= 0.6 is 0 Å². The summed E-state index contributed by atoms with van der Waals surface area (Å²) in [7, 11) is 3.99. The van der Waals surface area contributed by atoms with Gasteiger partial charge in [-0.2, -0.15) is 0 Å². The predicted octanol–water partition coefficient (Wildman–Crippen LogP) is 5.70. The summed E-state index contributed by atoms with van der Waals surface area (Å²) in [5.41, 5.74) is 3.95. The number of hydrogen-bond acceptors (Lipinski definition) is 5. The van der Waals surface area contributed by atoms with Gasteiger partial charge in [-0.15, -0.1) is 0 Å². The second-order valence-electron chi connectivity index (χ2n) is 9.33. The third-order valence-corrected chi connectivity index (χ3v) is 5.97. The summed E-state index contributed by atoms with van der Waals surface area (Å²) in [4.78, 5) is 30.1. The van der Waals surface area contributed by atoms with Gasteiger partial charge in [0, 0.05) is 26.3 Å². The number of hydrogen-bond donors (Lipinski definition) is 0. The maximum absolute atomic E-state index is 13.3. The standard InChI is InChI=1S/C30H36N2O4/c1-23(2)28(29(33)35-21-25-11-7-5-8-12-25)32(30(34)36-22-26-13-9-6-10-14-26)20-19-24-15-17-27(18-16-24)31(3)4/h5-18,23,28H,19-22H2,1-4H3/t28-/m0/s1. The van der Waals surface area contributed by atoms with Gasteiger partial charge in [-0.05, 0) is 41.2 Å². The zero-order valence-electron chi connectivity index (χ0n) is 21.6. The number of amides is 1. The molecule has 0 saturated carbocycles. The Balaban J connectivity index is 1.75. The summed E-state index contributed by atoms with van der Waals surface area (Å²) in [6.07, 6.45) is 0.0581. The van der Waals surface area contributed by atoms with Crippen LogP contribution in [0.2, 0.25) is 0 Å². The number of nitrogens with zero attached hydrogens (tertiary/aromatic N) is 2. The molecule has 0 bridgehead atoms. The van der Waals surface area contributed by atoms with Gasteiger partial charge in [0.2, 0.25) is 0 Å². The van der Waals surface area contributed by atoms with E-state index in [1.807, 2.05) is 118 Å². The van der Waals surface area contributed by atoms with E-state index in [9.17, 15) is 9.59 Å². The molecular weight excluding hydrogens is 452 g/mol. The Kier molecular flexibility index (Phi) is 9.92. The van der Waals surface area contributed by atoms with Crippen LogP contribution in [0, 0.1) is 5.92 Å². The van der Waals surface area contributed by atoms with Crippen LogP contribution in [-0.2, 0) is 33.9 Å². The Hall–Kier alpha value is -3.80. The van der Waals surface area contributed by atoms with Crippen molar-refractivity contribution in [3.63, 3.8) is 0 Å². The van der Waals surface area contributed by atoms with Crippen LogP contribution < -0.4 is 4.90 Å². The number of ether oxygens (including phenoxy) is 2. The van der Waals surface area contributed by atoms with Crippen LogP contribution in [-0.4, -0.2) is 43.6 Å². The second-order valence-corrected chi connectivity index (χ2v) is 9.33. The van der Waals surface area contributed by atoms with Crippen molar-refractivity contribution in [3.05, 3.63) is 102 Å². The van der Waals surface area contributed by atoms with Crippen molar-refractivity contribution in [2.24, 2.45) is 5.92 Å². The normalized spacial score (nSPS) is 11.6. The molecule has 0 aromatic heterocycles. The van der Waals surface area contributed by atoms with Crippen molar-refractivity contribution in [1.82, 2.24) is 4.90 Å². The quantitative estimate of drug-likeness (QED) is 0.324. The molecule has 3 aromatic carbocycles. The molecule has 36 heavy (non-hydrogen) atoms. The van der Waals surface area contributed by atoms with Crippen molar-refractivity contribution < 1.29 is 19.1 Å². The molecule has 3 aromatic rings. The maximum atomic E-state index is 13.3. The lowest BCUT2D eigenvalue weighted by atomic mass is 10.0. The minimum absolute atomic E-state index is 0.136. The first-order valence-corrected chi connectivity index (χ1v) is 12.3. The van der Waals surface area contributed by atoms with Gasteiger partial charge in [0.05, 0.1) is 0 Å². The molecule has 0 spiro atoms. The molecule has 1 amide bonds. The topological polar surface area (TPSA) is 59.1 Å². The zero-order valence-corrected chi connectivity index (χ0v) is 21.6. The van der Waals surface area contributed by atoms with E-state index in [0.29, 0.717) is 13.0 Å². The predicted molar refractivity (Wildman–Crippen MR) is 143 cm³/mol. The van der Waals surface area contributed by atoms with Crippen molar-refractivity contribution in [3.8, 4) is 0 Å². The number of carbonyl (C=O) groups is 2. The maximum Gasteiger partial charge on any atom is 0.410 e. The van der Waals surface area contributed by atoms with E-state index >= 15 is 0 Å². The van der Waals surface area contributed by atoms with Gasteiger partial charge in [-0.1, -0.05) is 86.6 Å². The Morgan fingerprint density at radius 1 is 0.722 bits per heavy atom. The number of benzene rings is 3. The molecule has 0 aliphatic heterocycles. The molecule has 6 heteroatoms.